The second kappa shape index (κ2) is 5.02. The molecule has 0 atom stereocenters. The number of benzene rings is 1. The number of aromatic nitrogens is 5. The van der Waals surface area contributed by atoms with Crippen LogP contribution in [0.25, 0.3) is 22.8 Å². The molecule has 0 saturated heterocycles. The fourth-order valence-corrected chi connectivity index (χ4v) is 2.10. The number of nitrogens with zero attached hydrogens (tertiary/aromatic N) is 5. The Hall–Kier alpha value is -2.67. The van der Waals surface area contributed by atoms with Crippen LogP contribution in [0.2, 0.25) is 5.02 Å². The Labute approximate surface area is 125 Å². The number of halogens is 1. The minimum Gasteiger partial charge on any atom is -0.506 e. The molecule has 7 nitrogen and oxygen atoms in total. The van der Waals surface area contributed by atoms with Gasteiger partial charge in [0.1, 0.15) is 23.6 Å². The summed E-state index contributed by atoms with van der Waals surface area (Å²) in [6.07, 6.45) is 3.02. The van der Waals surface area contributed by atoms with E-state index in [1.54, 1.807) is 30.1 Å². The third kappa shape index (κ3) is 2.38. The van der Waals surface area contributed by atoms with Gasteiger partial charge in [-0.1, -0.05) is 11.6 Å². The molecule has 0 bridgehead atoms. The Morgan fingerprint density at radius 2 is 2.10 bits per heavy atom. The zero-order valence-electron chi connectivity index (χ0n) is 11.0. The van der Waals surface area contributed by atoms with E-state index in [2.05, 4.69) is 20.2 Å². The van der Waals surface area contributed by atoms with E-state index in [0.717, 1.165) is 0 Å². The molecule has 0 radical (unpaired) electrons. The van der Waals surface area contributed by atoms with Gasteiger partial charge in [-0.3, -0.25) is 0 Å². The molecule has 0 amide bonds. The summed E-state index contributed by atoms with van der Waals surface area (Å²) in [5, 5.41) is 17.6. The molecule has 0 aliphatic rings. The predicted molar refractivity (Wildman–Crippen MR) is 78.6 cm³/mol. The van der Waals surface area contributed by atoms with E-state index in [-0.39, 0.29) is 16.6 Å². The molecule has 8 heteroatoms. The van der Waals surface area contributed by atoms with Crippen LogP contribution in [0.15, 0.2) is 30.7 Å². The standard InChI is InChI=1S/C13H11ClN6O/c1-20-6-17-19-13(20)12-11(16-5-10(15)18-12)7-2-3-9(21)8(14)4-7/h2-6,21H,1H3,(H2,15,18). The molecule has 3 aromatic rings. The van der Waals surface area contributed by atoms with Gasteiger partial charge in [0, 0.05) is 12.6 Å². The average molecular weight is 303 g/mol. The summed E-state index contributed by atoms with van der Waals surface area (Å²) in [6.45, 7) is 0. The monoisotopic (exact) mass is 302 g/mol. The fraction of sp³-hybridized carbons (Fsp3) is 0.0769. The van der Waals surface area contributed by atoms with Gasteiger partial charge in [-0.25, -0.2) is 9.97 Å². The van der Waals surface area contributed by atoms with Crippen LogP contribution in [0.1, 0.15) is 0 Å². The van der Waals surface area contributed by atoms with Gasteiger partial charge in [0.2, 0.25) is 0 Å². The van der Waals surface area contributed by atoms with Gasteiger partial charge in [-0.15, -0.1) is 10.2 Å². The third-order valence-corrected chi connectivity index (χ3v) is 3.24. The first kappa shape index (κ1) is 13.3. The average Bonchev–Trinajstić information content (AvgIpc) is 2.88. The number of aryl methyl sites for hydroxylation is 1. The van der Waals surface area contributed by atoms with Gasteiger partial charge < -0.3 is 15.4 Å². The summed E-state index contributed by atoms with van der Waals surface area (Å²) in [7, 11) is 1.80. The van der Waals surface area contributed by atoms with Crippen LogP contribution in [-0.4, -0.2) is 29.8 Å². The Kier molecular flexibility index (Phi) is 3.19. The number of anilines is 1. The van der Waals surface area contributed by atoms with Gasteiger partial charge in [0.25, 0.3) is 0 Å². The summed E-state index contributed by atoms with van der Waals surface area (Å²) in [6, 6.07) is 4.80. The van der Waals surface area contributed by atoms with Crippen molar-refractivity contribution in [1.82, 2.24) is 24.7 Å². The van der Waals surface area contributed by atoms with Crippen LogP contribution in [0.3, 0.4) is 0 Å². The molecule has 0 unspecified atom stereocenters. The molecule has 0 aliphatic heterocycles. The number of aromatic hydroxyl groups is 1. The van der Waals surface area contributed by atoms with Crippen molar-refractivity contribution in [2.75, 3.05) is 5.73 Å². The molecule has 0 saturated carbocycles. The number of phenols is 1. The molecule has 3 rings (SSSR count). The summed E-state index contributed by atoms with van der Waals surface area (Å²) < 4.78 is 1.72. The van der Waals surface area contributed by atoms with Crippen LogP contribution in [-0.2, 0) is 7.05 Å². The van der Waals surface area contributed by atoms with Crippen LogP contribution in [0.5, 0.6) is 5.75 Å². The van der Waals surface area contributed by atoms with Crippen molar-refractivity contribution >= 4 is 17.4 Å². The van der Waals surface area contributed by atoms with E-state index in [9.17, 15) is 5.11 Å². The van der Waals surface area contributed by atoms with Gasteiger partial charge in [-0.2, -0.15) is 0 Å². The number of nitrogens with two attached hydrogens (primary N) is 1. The highest BCUT2D eigenvalue weighted by Crippen LogP contribution is 2.32. The highest BCUT2D eigenvalue weighted by Gasteiger charge is 2.16. The molecule has 2 heterocycles. The highest BCUT2D eigenvalue weighted by atomic mass is 35.5. The lowest BCUT2D eigenvalue weighted by atomic mass is 10.1. The molecular formula is C13H11ClN6O. The minimum absolute atomic E-state index is 0.00373. The molecule has 2 aromatic heterocycles. The van der Waals surface area contributed by atoms with E-state index in [1.807, 2.05) is 0 Å². The maximum absolute atomic E-state index is 9.52. The van der Waals surface area contributed by atoms with E-state index in [1.165, 1.54) is 12.3 Å². The molecule has 0 fully saturated rings. The van der Waals surface area contributed by atoms with Gasteiger partial charge in [0.15, 0.2) is 5.82 Å². The quantitative estimate of drug-likeness (QED) is 0.749. The van der Waals surface area contributed by atoms with E-state index >= 15 is 0 Å². The second-order valence-corrected chi connectivity index (χ2v) is 4.83. The minimum atomic E-state index is 0.00373. The lowest BCUT2D eigenvalue weighted by Crippen LogP contribution is -2.02. The largest absolute Gasteiger partial charge is 0.506 e. The first-order chi connectivity index (χ1) is 10.1. The van der Waals surface area contributed by atoms with Crippen LogP contribution in [0, 0.1) is 0 Å². The van der Waals surface area contributed by atoms with Crippen molar-refractivity contribution < 1.29 is 5.11 Å². The van der Waals surface area contributed by atoms with Crippen molar-refractivity contribution in [3.63, 3.8) is 0 Å². The fourth-order valence-electron chi connectivity index (χ4n) is 1.92. The Morgan fingerprint density at radius 3 is 2.76 bits per heavy atom. The summed E-state index contributed by atoms with van der Waals surface area (Å²) in [4.78, 5) is 8.60. The normalized spacial score (nSPS) is 10.8. The van der Waals surface area contributed by atoms with Crippen molar-refractivity contribution in [3.8, 4) is 28.5 Å². The number of rotatable bonds is 2. The smallest absolute Gasteiger partial charge is 0.184 e. The molecule has 106 valence electrons. The van der Waals surface area contributed by atoms with Gasteiger partial charge in [-0.05, 0) is 18.2 Å². The highest BCUT2D eigenvalue weighted by molar-refractivity contribution is 6.32. The lowest BCUT2D eigenvalue weighted by Gasteiger charge is -2.09. The molecule has 21 heavy (non-hydrogen) atoms. The number of nitrogen functional groups attached to an aromatic ring is 1. The maximum atomic E-state index is 9.52. The third-order valence-electron chi connectivity index (χ3n) is 2.94. The Bertz CT molecular complexity index is 816. The summed E-state index contributed by atoms with van der Waals surface area (Å²) in [5.41, 5.74) is 7.47. The number of hydrogen-bond acceptors (Lipinski definition) is 6. The van der Waals surface area contributed by atoms with Gasteiger partial charge >= 0.3 is 0 Å². The Balaban J connectivity index is 2.23. The van der Waals surface area contributed by atoms with E-state index in [4.69, 9.17) is 17.3 Å². The Morgan fingerprint density at radius 1 is 1.29 bits per heavy atom. The number of phenolic OH excluding ortho intramolecular Hbond substituents is 1. The molecular weight excluding hydrogens is 292 g/mol. The zero-order chi connectivity index (χ0) is 15.0. The zero-order valence-corrected chi connectivity index (χ0v) is 11.8. The predicted octanol–water partition coefficient (Wildman–Crippen LogP) is 1.88. The SMILES string of the molecule is Cn1cnnc1-c1nc(N)cnc1-c1ccc(O)c(Cl)c1. The van der Waals surface area contributed by atoms with Crippen molar-refractivity contribution in [1.29, 1.82) is 0 Å². The van der Waals surface area contributed by atoms with Crippen molar-refractivity contribution in [2.45, 2.75) is 0 Å². The van der Waals surface area contributed by atoms with Crippen LogP contribution < -0.4 is 5.73 Å². The first-order valence-electron chi connectivity index (χ1n) is 6.02. The van der Waals surface area contributed by atoms with Crippen molar-refractivity contribution in [3.05, 3.63) is 35.7 Å². The molecule has 0 aliphatic carbocycles. The topological polar surface area (TPSA) is 103 Å². The first-order valence-corrected chi connectivity index (χ1v) is 6.40. The lowest BCUT2D eigenvalue weighted by molar-refractivity contribution is 0.475. The van der Waals surface area contributed by atoms with E-state index in [0.29, 0.717) is 22.8 Å². The second-order valence-electron chi connectivity index (χ2n) is 4.42. The van der Waals surface area contributed by atoms with E-state index < -0.39 is 0 Å². The van der Waals surface area contributed by atoms with Crippen LogP contribution >= 0.6 is 11.6 Å². The van der Waals surface area contributed by atoms with Crippen molar-refractivity contribution in [2.24, 2.45) is 7.05 Å². The summed E-state index contributed by atoms with van der Waals surface area (Å²) in [5.74, 6) is 0.819. The van der Waals surface area contributed by atoms with Gasteiger partial charge in [0.05, 0.1) is 16.9 Å². The summed E-state index contributed by atoms with van der Waals surface area (Å²) >= 11 is 5.95. The molecule has 1 aromatic carbocycles. The van der Waals surface area contributed by atoms with Crippen LogP contribution in [0.4, 0.5) is 5.82 Å². The maximum Gasteiger partial charge on any atom is 0.184 e. The number of hydrogen-bond donors (Lipinski definition) is 2. The molecule has 0 spiro atoms. The molecule has 3 N–H and O–H groups in total.